The van der Waals surface area contributed by atoms with Crippen LogP contribution in [-0.2, 0) is 9.53 Å². The van der Waals surface area contributed by atoms with E-state index in [1.165, 1.54) is 24.3 Å². The third-order valence-corrected chi connectivity index (χ3v) is 3.74. The Bertz CT molecular complexity index is 744. The fourth-order valence-electron chi connectivity index (χ4n) is 2.49. The minimum absolute atomic E-state index is 0.0395. The van der Waals surface area contributed by atoms with Gasteiger partial charge in [0.05, 0.1) is 17.5 Å². The van der Waals surface area contributed by atoms with Crippen molar-refractivity contribution in [3.8, 4) is 5.75 Å². The van der Waals surface area contributed by atoms with E-state index in [0.717, 1.165) is 19.4 Å². The van der Waals surface area contributed by atoms with Gasteiger partial charge in [-0.3, -0.25) is 9.78 Å². The summed E-state index contributed by atoms with van der Waals surface area (Å²) in [6, 6.07) is 9.43. The predicted molar refractivity (Wildman–Crippen MR) is 92.8 cm³/mol. The summed E-state index contributed by atoms with van der Waals surface area (Å²) in [5.74, 6) is -0.428. The molecule has 1 amide bonds. The van der Waals surface area contributed by atoms with E-state index in [2.05, 4.69) is 10.3 Å². The fourth-order valence-corrected chi connectivity index (χ4v) is 2.49. The zero-order chi connectivity index (χ0) is 17.5. The molecule has 1 aromatic carbocycles. The first-order chi connectivity index (χ1) is 12.2. The lowest BCUT2D eigenvalue weighted by molar-refractivity contribution is -0.111. The second-order valence-electron chi connectivity index (χ2n) is 5.66. The van der Waals surface area contributed by atoms with Crippen LogP contribution in [0.2, 0.25) is 0 Å². The molecule has 1 N–H and O–H groups in total. The molecule has 0 bridgehead atoms. The Kier molecular flexibility index (Phi) is 5.74. The number of aromatic nitrogens is 1. The lowest BCUT2D eigenvalue weighted by Gasteiger charge is -2.15. The molecular formula is C19H19FN2O3. The van der Waals surface area contributed by atoms with Crippen molar-refractivity contribution in [1.29, 1.82) is 0 Å². The number of rotatable bonds is 6. The van der Waals surface area contributed by atoms with Crippen molar-refractivity contribution in [3.05, 3.63) is 60.2 Å². The molecule has 5 nitrogen and oxygen atoms in total. The molecule has 1 aliphatic rings. The van der Waals surface area contributed by atoms with Gasteiger partial charge < -0.3 is 14.8 Å². The molecule has 25 heavy (non-hydrogen) atoms. The maximum Gasteiger partial charge on any atom is 0.248 e. The van der Waals surface area contributed by atoms with E-state index in [1.54, 1.807) is 24.4 Å². The molecule has 0 aliphatic carbocycles. The number of ether oxygens (including phenoxy) is 2. The highest BCUT2D eigenvalue weighted by atomic mass is 19.1. The van der Waals surface area contributed by atoms with E-state index >= 15 is 0 Å². The van der Waals surface area contributed by atoms with Crippen molar-refractivity contribution >= 4 is 17.7 Å². The van der Waals surface area contributed by atoms with Gasteiger partial charge in [0, 0.05) is 24.9 Å². The van der Waals surface area contributed by atoms with E-state index in [9.17, 15) is 9.18 Å². The monoisotopic (exact) mass is 342 g/mol. The van der Waals surface area contributed by atoms with E-state index in [4.69, 9.17) is 9.47 Å². The number of pyridine rings is 1. The van der Waals surface area contributed by atoms with Gasteiger partial charge in [0.25, 0.3) is 0 Å². The van der Waals surface area contributed by atoms with Crippen LogP contribution in [0.15, 0.2) is 48.7 Å². The highest BCUT2D eigenvalue weighted by molar-refractivity contribution is 6.02. The number of halogens is 1. The Morgan fingerprint density at radius 1 is 1.40 bits per heavy atom. The maximum absolute atomic E-state index is 13.5. The van der Waals surface area contributed by atoms with Gasteiger partial charge in [-0.25, -0.2) is 4.39 Å². The number of benzene rings is 1. The minimum atomic E-state index is -0.450. The zero-order valence-electron chi connectivity index (χ0n) is 13.7. The first kappa shape index (κ1) is 17.1. The van der Waals surface area contributed by atoms with Crippen LogP contribution >= 0.6 is 0 Å². The van der Waals surface area contributed by atoms with Gasteiger partial charge >= 0.3 is 0 Å². The summed E-state index contributed by atoms with van der Waals surface area (Å²) in [5.41, 5.74) is 0.945. The maximum atomic E-state index is 13.5. The number of hydrogen-bond donors (Lipinski definition) is 1. The highest BCUT2D eigenvalue weighted by Crippen LogP contribution is 2.26. The first-order valence-electron chi connectivity index (χ1n) is 8.15. The molecule has 1 aliphatic heterocycles. The number of carbonyl (C=O) groups is 1. The van der Waals surface area contributed by atoms with Gasteiger partial charge in [-0.1, -0.05) is 6.07 Å². The standard InChI is InChI=1S/C19H19FN2O3/c20-14-6-8-18(25-13-16-5-3-11-24-16)17(12-14)22-19(23)9-7-15-4-1-2-10-21-15/h1-2,4,6-10,12,16H,3,5,11,13H2,(H,22,23)/b9-7-/t16-/m0/s1. The zero-order valence-corrected chi connectivity index (χ0v) is 13.7. The molecule has 1 saturated heterocycles. The summed E-state index contributed by atoms with van der Waals surface area (Å²) in [5, 5.41) is 2.64. The molecule has 0 unspecified atom stereocenters. The molecule has 0 saturated carbocycles. The van der Waals surface area contributed by atoms with E-state index in [1.807, 2.05) is 6.07 Å². The number of anilines is 1. The van der Waals surface area contributed by atoms with Crippen LogP contribution in [0.3, 0.4) is 0 Å². The summed E-state index contributed by atoms with van der Waals surface area (Å²) in [4.78, 5) is 16.2. The normalized spacial score (nSPS) is 16.9. The third-order valence-electron chi connectivity index (χ3n) is 3.74. The van der Waals surface area contributed by atoms with Crippen LogP contribution in [0, 0.1) is 5.82 Å². The second-order valence-corrected chi connectivity index (χ2v) is 5.66. The molecule has 130 valence electrons. The third kappa shape index (κ3) is 5.12. The van der Waals surface area contributed by atoms with Gasteiger partial charge in [0.1, 0.15) is 18.2 Å². The molecule has 0 spiro atoms. The van der Waals surface area contributed by atoms with Gasteiger partial charge in [-0.15, -0.1) is 0 Å². The van der Waals surface area contributed by atoms with Crippen LogP contribution in [-0.4, -0.2) is 30.2 Å². The first-order valence-corrected chi connectivity index (χ1v) is 8.15. The van der Waals surface area contributed by atoms with Crippen molar-refractivity contribution in [3.63, 3.8) is 0 Å². The molecule has 1 aromatic heterocycles. The SMILES string of the molecule is O=C(/C=C\c1ccccn1)Nc1cc(F)ccc1OC[C@@H]1CCCO1. The molecule has 3 rings (SSSR count). The summed E-state index contributed by atoms with van der Waals surface area (Å²) in [6.07, 6.45) is 6.56. The minimum Gasteiger partial charge on any atom is -0.489 e. The lowest BCUT2D eigenvalue weighted by Crippen LogP contribution is -2.17. The number of carbonyl (C=O) groups excluding carboxylic acids is 1. The summed E-state index contributed by atoms with van der Waals surface area (Å²) < 4.78 is 24.7. The number of hydrogen-bond acceptors (Lipinski definition) is 4. The Balaban J connectivity index is 1.64. The fraction of sp³-hybridized carbons (Fsp3) is 0.263. The molecule has 6 heteroatoms. The van der Waals surface area contributed by atoms with Gasteiger partial charge in [-0.05, 0) is 43.2 Å². The van der Waals surface area contributed by atoms with Crippen molar-refractivity contribution in [2.75, 3.05) is 18.5 Å². The van der Waals surface area contributed by atoms with Crippen LogP contribution in [0.25, 0.3) is 6.08 Å². The van der Waals surface area contributed by atoms with Gasteiger partial charge in [0.15, 0.2) is 0 Å². The van der Waals surface area contributed by atoms with E-state index < -0.39 is 11.7 Å². The average Bonchev–Trinajstić information content (AvgIpc) is 3.14. The quantitative estimate of drug-likeness (QED) is 0.817. The van der Waals surface area contributed by atoms with Crippen LogP contribution < -0.4 is 10.1 Å². The van der Waals surface area contributed by atoms with E-state index in [-0.39, 0.29) is 11.8 Å². The Labute approximate surface area is 145 Å². The van der Waals surface area contributed by atoms with Crippen molar-refractivity contribution in [1.82, 2.24) is 4.98 Å². The average molecular weight is 342 g/mol. The van der Waals surface area contributed by atoms with Crippen molar-refractivity contribution in [2.24, 2.45) is 0 Å². The van der Waals surface area contributed by atoms with Gasteiger partial charge in [0.2, 0.25) is 5.91 Å². The highest BCUT2D eigenvalue weighted by Gasteiger charge is 2.17. The van der Waals surface area contributed by atoms with Crippen LogP contribution in [0.1, 0.15) is 18.5 Å². The summed E-state index contributed by atoms with van der Waals surface area (Å²) >= 11 is 0. The topological polar surface area (TPSA) is 60.5 Å². The molecule has 2 heterocycles. The molecule has 1 atom stereocenters. The Morgan fingerprint density at radius 3 is 3.08 bits per heavy atom. The molecule has 2 aromatic rings. The largest absolute Gasteiger partial charge is 0.489 e. The molecule has 0 radical (unpaired) electrons. The van der Waals surface area contributed by atoms with Crippen molar-refractivity contribution in [2.45, 2.75) is 18.9 Å². The molecule has 1 fully saturated rings. The number of amides is 1. The smallest absolute Gasteiger partial charge is 0.248 e. The molecular weight excluding hydrogens is 323 g/mol. The number of nitrogens with zero attached hydrogens (tertiary/aromatic N) is 1. The predicted octanol–water partition coefficient (Wildman–Crippen LogP) is 3.43. The van der Waals surface area contributed by atoms with Crippen LogP contribution in [0.4, 0.5) is 10.1 Å². The van der Waals surface area contributed by atoms with Crippen LogP contribution in [0.5, 0.6) is 5.75 Å². The second kappa shape index (κ2) is 8.39. The number of nitrogens with one attached hydrogen (secondary N) is 1. The Hall–Kier alpha value is -2.73. The van der Waals surface area contributed by atoms with E-state index in [0.29, 0.717) is 18.1 Å². The Morgan fingerprint density at radius 2 is 2.32 bits per heavy atom. The van der Waals surface area contributed by atoms with Crippen molar-refractivity contribution < 1.29 is 18.7 Å². The van der Waals surface area contributed by atoms with Gasteiger partial charge in [-0.2, -0.15) is 0 Å². The summed E-state index contributed by atoms with van der Waals surface area (Å²) in [7, 11) is 0. The summed E-state index contributed by atoms with van der Waals surface area (Å²) in [6.45, 7) is 1.11. The lowest BCUT2D eigenvalue weighted by atomic mass is 10.2.